The molecule has 0 rings (SSSR count). The van der Waals surface area contributed by atoms with Gasteiger partial charge in [0.1, 0.15) is 0 Å². The maximum absolute atomic E-state index is 4.62. The Kier molecular flexibility index (Phi) is 4.96. The first kappa shape index (κ1) is 11.7. The summed E-state index contributed by atoms with van der Waals surface area (Å²) in [5.74, 6) is 2.61. The van der Waals surface area contributed by atoms with Gasteiger partial charge in [-0.25, -0.2) is 0 Å². The van der Waals surface area contributed by atoms with Crippen LogP contribution in [0.3, 0.4) is 0 Å². The van der Waals surface area contributed by atoms with Crippen LogP contribution in [0.25, 0.3) is 0 Å². The lowest BCUT2D eigenvalue weighted by Gasteiger charge is -2.28. The molecule has 0 spiro atoms. The van der Waals surface area contributed by atoms with Crippen LogP contribution in [-0.4, -0.2) is 9.83 Å². The van der Waals surface area contributed by atoms with Gasteiger partial charge in [0.05, 0.1) is 4.08 Å². The minimum absolute atomic E-state index is 0.143. The first-order valence-corrected chi connectivity index (χ1v) is 5.66. The van der Waals surface area contributed by atoms with Crippen LogP contribution in [0.5, 0.6) is 0 Å². The SMILES string of the molecule is CC(C)CSC(C)(S)C(C)C. The van der Waals surface area contributed by atoms with Crippen LogP contribution in [0.15, 0.2) is 0 Å². The van der Waals surface area contributed by atoms with Crippen LogP contribution in [-0.2, 0) is 0 Å². The minimum Gasteiger partial charge on any atom is -0.162 e. The fourth-order valence-corrected chi connectivity index (χ4v) is 1.73. The zero-order valence-corrected chi connectivity index (χ0v) is 9.93. The molecule has 0 aromatic rings. The fourth-order valence-electron chi connectivity index (χ4n) is 0.502. The molecule has 0 amide bonds. The van der Waals surface area contributed by atoms with Gasteiger partial charge in [-0.2, -0.15) is 12.6 Å². The molecule has 0 aromatic heterocycles. The monoisotopic (exact) mass is 192 g/mol. The average molecular weight is 192 g/mol. The fraction of sp³-hybridized carbons (Fsp3) is 1.00. The second-order valence-corrected chi connectivity index (χ2v) is 6.62. The van der Waals surface area contributed by atoms with Gasteiger partial charge in [0, 0.05) is 0 Å². The van der Waals surface area contributed by atoms with Crippen LogP contribution in [0.4, 0.5) is 0 Å². The predicted octanol–water partition coefficient (Wildman–Crippen LogP) is 3.68. The Labute approximate surface area is 80.9 Å². The minimum atomic E-state index is 0.143. The number of thiol groups is 1. The first-order valence-electron chi connectivity index (χ1n) is 4.22. The van der Waals surface area contributed by atoms with Gasteiger partial charge in [-0.15, -0.1) is 11.8 Å². The van der Waals surface area contributed by atoms with Crippen LogP contribution in [0.2, 0.25) is 0 Å². The van der Waals surface area contributed by atoms with Crippen molar-refractivity contribution in [1.29, 1.82) is 0 Å². The van der Waals surface area contributed by atoms with Crippen molar-refractivity contribution in [3.63, 3.8) is 0 Å². The van der Waals surface area contributed by atoms with Gasteiger partial charge >= 0.3 is 0 Å². The van der Waals surface area contributed by atoms with E-state index in [1.165, 1.54) is 5.75 Å². The summed E-state index contributed by atoms with van der Waals surface area (Å²) in [5, 5.41) is 0. The van der Waals surface area contributed by atoms with E-state index >= 15 is 0 Å². The van der Waals surface area contributed by atoms with Crippen molar-refractivity contribution in [2.75, 3.05) is 5.75 Å². The van der Waals surface area contributed by atoms with Crippen LogP contribution in [0.1, 0.15) is 34.6 Å². The second-order valence-electron chi connectivity index (χ2n) is 3.91. The second kappa shape index (κ2) is 4.66. The van der Waals surface area contributed by atoms with Crippen molar-refractivity contribution in [1.82, 2.24) is 0 Å². The van der Waals surface area contributed by atoms with E-state index in [1.54, 1.807) is 0 Å². The molecule has 0 aliphatic carbocycles. The zero-order valence-electron chi connectivity index (χ0n) is 8.22. The number of hydrogen-bond donors (Lipinski definition) is 1. The number of hydrogen-bond acceptors (Lipinski definition) is 2. The lowest BCUT2D eigenvalue weighted by Crippen LogP contribution is -2.20. The maximum Gasteiger partial charge on any atom is 0.0576 e. The molecule has 0 saturated heterocycles. The Morgan fingerprint density at radius 3 is 2.00 bits per heavy atom. The average Bonchev–Trinajstić information content (AvgIpc) is 1.84. The third-order valence-electron chi connectivity index (χ3n) is 1.78. The van der Waals surface area contributed by atoms with Gasteiger partial charge in [0.25, 0.3) is 0 Å². The molecule has 68 valence electrons. The van der Waals surface area contributed by atoms with Crippen LogP contribution < -0.4 is 0 Å². The topological polar surface area (TPSA) is 0 Å². The lowest BCUT2D eigenvalue weighted by molar-refractivity contribution is 0.604. The highest BCUT2D eigenvalue weighted by Gasteiger charge is 2.23. The highest BCUT2D eigenvalue weighted by molar-refractivity contribution is 8.11. The quantitative estimate of drug-likeness (QED) is 0.524. The summed E-state index contributed by atoms with van der Waals surface area (Å²) in [6.45, 7) is 11.1. The first-order chi connectivity index (χ1) is 4.86. The standard InChI is InChI=1S/C9H20S2/c1-7(2)6-11-9(5,10)8(3)4/h7-8,10H,6H2,1-5H3. The van der Waals surface area contributed by atoms with Crippen molar-refractivity contribution >= 4 is 24.4 Å². The molecule has 0 heterocycles. The van der Waals surface area contributed by atoms with E-state index in [1.807, 2.05) is 11.8 Å². The molecule has 0 bridgehead atoms. The summed E-state index contributed by atoms with van der Waals surface area (Å²) >= 11 is 6.58. The summed E-state index contributed by atoms with van der Waals surface area (Å²) in [6.07, 6.45) is 0. The summed E-state index contributed by atoms with van der Waals surface area (Å²) in [6, 6.07) is 0. The van der Waals surface area contributed by atoms with E-state index in [2.05, 4.69) is 47.2 Å². The molecule has 1 unspecified atom stereocenters. The Hall–Kier alpha value is 0.700. The van der Waals surface area contributed by atoms with Crippen molar-refractivity contribution in [3.05, 3.63) is 0 Å². The maximum atomic E-state index is 4.62. The molecule has 11 heavy (non-hydrogen) atoms. The largest absolute Gasteiger partial charge is 0.162 e. The molecular formula is C9H20S2. The van der Waals surface area contributed by atoms with Crippen molar-refractivity contribution in [2.45, 2.75) is 38.7 Å². The van der Waals surface area contributed by atoms with Gasteiger partial charge in [-0.3, -0.25) is 0 Å². The van der Waals surface area contributed by atoms with Crippen LogP contribution >= 0.6 is 24.4 Å². The summed E-state index contributed by atoms with van der Waals surface area (Å²) in [5.41, 5.74) is 0. The number of thioether (sulfide) groups is 1. The predicted molar refractivity (Wildman–Crippen MR) is 59.5 cm³/mol. The molecule has 0 fully saturated rings. The molecule has 0 aromatic carbocycles. The molecule has 2 heteroatoms. The van der Waals surface area contributed by atoms with Crippen LogP contribution in [0, 0.1) is 11.8 Å². The molecule has 0 nitrogen and oxygen atoms in total. The van der Waals surface area contributed by atoms with Gasteiger partial charge in [0.2, 0.25) is 0 Å². The van der Waals surface area contributed by atoms with E-state index < -0.39 is 0 Å². The van der Waals surface area contributed by atoms with Gasteiger partial charge in [-0.1, -0.05) is 27.7 Å². The Morgan fingerprint density at radius 2 is 1.73 bits per heavy atom. The van der Waals surface area contributed by atoms with Gasteiger partial charge < -0.3 is 0 Å². The van der Waals surface area contributed by atoms with Crippen molar-refractivity contribution in [3.8, 4) is 0 Å². The lowest BCUT2D eigenvalue weighted by atomic mass is 10.1. The normalized spacial score (nSPS) is 17.5. The summed E-state index contributed by atoms with van der Waals surface area (Å²) in [4.78, 5) is 0. The Balaban J connectivity index is 3.73. The van der Waals surface area contributed by atoms with Crippen molar-refractivity contribution < 1.29 is 0 Å². The van der Waals surface area contributed by atoms with E-state index in [-0.39, 0.29) is 4.08 Å². The highest BCUT2D eigenvalue weighted by Crippen LogP contribution is 2.37. The van der Waals surface area contributed by atoms with E-state index in [0.29, 0.717) is 5.92 Å². The molecular weight excluding hydrogens is 172 g/mol. The Morgan fingerprint density at radius 1 is 1.27 bits per heavy atom. The zero-order chi connectivity index (χ0) is 9.07. The summed E-state index contributed by atoms with van der Waals surface area (Å²) < 4.78 is 0.143. The Bertz CT molecular complexity index is 106. The smallest absolute Gasteiger partial charge is 0.0576 e. The molecule has 0 aliphatic heterocycles. The van der Waals surface area contributed by atoms with E-state index in [9.17, 15) is 0 Å². The molecule has 0 N–H and O–H groups in total. The van der Waals surface area contributed by atoms with Crippen molar-refractivity contribution in [2.24, 2.45) is 11.8 Å². The molecule has 0 saturated carbocycles. The van der Waals surface area contributed by atoms with E-state index in [4.69, 9.17) is 0 Å². The number of rotatable bonds is 4. The third-order valence-corrected chi connectivity index (χ3v) is 4.57. The molecule has 0 radical (unpaired) electrons. The molecule has 1 atom stereocenters. The summed E-state index contributed by atoms with van der Waals surface area (Å²) in [7, 11) is 0. The highest BCUT2D eigenvalue weighted by atomic mass is 32.2. The molecule has 0 aliphatic rings. The van der Waals surface area contributed by atoms with Gasteiger partial charge in [0.15, 0.2) is 0 Å². The van der Waals surface area contributed by atoms with E-state index in [0.717, 1.165) is 5.92 Å². The van der Waals surface area contributed by atoms with Gasteiger partial charge in [-0.05, 0) is 24.5 Å². The third kappa shape index (κ3) is 5.02.